The predicted molar refractivity (Wildman–Crippen MR) is 66.7 cm³/mol. The molecule has 1 aliphatic rings. The van der Waals surface area contributed by atoms with E-state index in [1.807, 2.05) is 6.92 Å². The van der Waals surface area contributed by atoms with E-state index >= 15 is 0 Å². The average Bonchev–Trinajstić information content (AvgIpc) is 2.09. The Hall–Kier alpha value is -0.480. The van der Waals surface area contributed by atoms with Gasteiger partial charge < -0.3 is 5.32 Å². The maximum atomic E-state index is 3.64. The van der Waals surface area contributed by atoms with Crippen LogP contribution in [0.1, 0.15) is 53.4 Å². The molecule has 1 N–H and O–H groups in total. The van der Waals surface area contributed by atoms with Gasteiger partial charge in [0.2, 0.25) is 0 Å². The van der Waals surface area contributed by atoms with Crippen LogP contribution in [0.2, 0.25) is 0 Å². The second-order valence-corrected chi connectivity index (χ2v) is 5.74. The second kappa shape index (κ2) is 5.56. The fraction of sp³-hybridized carbons (Fsp3) is 0.857. The molecule has 0 amide bonds. The SMILES string of the molecule is CC#CCCNC1CC(C)CC(C)(C)C1. The molecule has 15 heavy (non-hydrogen) atoms. The van der Waals surface area contributed by atoms with E-state index in [4.69, 9.17) is 0 Å². The molecule has 1 saturated carbocycles. The summed E-state index contributed by atoms with van der Waals surface area (Å²) in [7, 11) is 0. The molecule has 1 nitrogen and oxygen atoms in total. The summed E-state index contributed by atoms with van der Waals surface area (Å²) in [4.78, 5) is 0. The van der Waals surface area contributed by atoms with Gasteiger partial charge in [0.05, 0.1) is 0 Å². The van der Waals surface area contributed by atoms with E-state index in [9.17, 15) is 0 Å². The molecule has 2 unspecified atom stereocenters. The van der Waals surface area contributed by atoms with Gasteiger partial charge in [-0.15, -0.1) is 11.8 Å². The van der Waals surface area contributed by atoms with Crippen LogP contribution in [0, 0.1) is 23.2 Å². The molecule has 0 heterocycles. The summed E-state index contributed by atoms with van der Waals surface area (Å²) in [5, 5.41) is 3.64. The van der Waals surface area contributed by atoms with Crippen molar-refractivity contribution in [3.05, 3.63) is 0 Å². The van der Waals surface area contributed by atoms with Crippen LogP contribution in [-0.4, -0.2) is 12.6 Å². The minimum atomic E-state index is 0.520. The first-order valence-electron chi connectivity index (χ1n) is 6.16. The van der Waals surface area contributed by atoms with Crippen molar-refractivity contribution in [3.63, 3.8) is 0 Å². The lowest BCUT2D eigenvalue weighted by molar-refractivity contribution is 0.152. The zero-order valence-electron chi connectivity index (χ0n) is 10.7. The van der Waals surface area contributed by atoms with Crippen LogP contribution in [0.4, 0.5) is 0 Å². The summed E-state index contributed by atoms with van der Waals surface area (Å²) < 4.78 is 0. The van der Waals surface area contributed by atoms with E-state index in [0.29, 0.717) is 11.5 Å². The normalized spacial score (nSPS) is 29.3. The highest BCUT2D eigenvalue weighted by Crippen LogP contribution is 2.38. The number of hydrogen-bond acceptors (Lipinski definition) is 1. The Morgan fingerprint density at radius 3 is 2.67 bits per heavy atom. The highest BCUT2D eigenvalue weighted by Gasteiger charge is 2.31. The average molecular weight is 207 g/mol. The minimum Gasteiger partial charge on any atom is -0.313 e. The predicted octanol–water partition coefficient (Wildman–Crippen LogP) is 3.20. The monoisotopic (exact) mass is 207 g/mol. The zero-order chi connectivity index (χ0) is 11.3. The first kappa shape index (κ1) is 12.6. The van der Waals surface area contributed by atoms with Gasteiger partial charge in [-0.1, -0.05) is 20.8 Å². The van der Waals surface area contributed by atoms with Crippen molar-refractivity contribution in [2.24, 2.45) is 11.3 Å². The van der Waals surface area contributed by atoms with Gasteiger partial charge in [-0.3, -0.25) is 0 Å². The molecule has 0 saturated heterocycles. The van der Waals surface area contributed by atoms with Gasteiger partial charge in [-0.05, 0) is 37.5 Å². The molecule has 0 aliphatic heterocycles. The Balaban J connectivity index is 2.31. The highest BCUT2D eigenvalue weighted by atomic mass is 14.9. The van der Waals surface area contributed by atoms with Gasteiger partial charge in [-0.25, -0.2) is 0 Å². The van der Waals surface area contributed by atoms with Gasteiger partial charge in [0.15, 0.2) is 0 Å². The lowest BCUT2D eigenvalue weighted by atomic mass is 9.70. The van der Waals surface area contributed by atoms with Gasteiger partial charge >= 0.3 is 0 Å². The molecule has 0 aromatic rings. The number of rotatable bonds is 3. The second-order valence-electron chi connectivity index (χ2n) is 5.74. The van der Waals surface area contributed by atoms with E-state index in [1.54, 1.807) is 0 Å². The smallest absolute Gasteiger partial charge is 0.0214 e. The van der Waals surface area contributed by atoms with Crippen molar-refractivity contribution in [2.45, 2.75) is 59.4 Å². The third-order valence-corrected chi connectivity index (χ3v) is 3.25. The third kappa shape index (κ3) is 4.71. The van der Waals surface area contributed by atoms with Crippen molar-refractivity contribution in [1.29, 1.82) is 0 Å². The Morgan fingerprint density at radius 1 is 1.33 bits per heavy atom. The third-order valence-electron chi connectivity index (χ3n) is 3.25. The molecule has 1 rings (SSSR count). The van der Waals surface area contributed by atoms with Crippen LogP contribution in [0.15, 0.2) is 0 Å². The molecule has 1 fully saturated rings. The first-order valence-corrected chi connectivity index (χ1v) is 6.16. The summed E-state index contributed by atoms with van der Waals surface area (Å²) in [5.74, 6) is 6.91. The molecule has 0 aromatic heterocycles. The zero-order valence-corrected chi connectivity index (χ0v) is 10.7. The highest BCUT2D eigenvalue weighted by molar-refractivity contribution is 4.95. The lowest BCUT2D eigenvalue weighted by Gasteiger charge is -2.39. The minimum absolute atomic E-state index is 0.520. The van der Waals surface area contributed by atoms with Crippen LogP contribution in [0.25, 0.3) is 0 Å². The summed E-state index contributed by atoms with van der Waals surface area (Å²) in [6.45, 7) is 10.1. The van der Waals surface area contributed by atoms with Crippen LogP contribution in [-0.2, 0) is 0 Å². The van der Waals surface area contributed by atoms with E-state index in [0.717, 1.165) is 18.9 Å². The molecule has 86 valence electrons. The molecule has 1 heteroatoms. The van der Waals surface area contributed by atoms with Crippen molar-refractivity contribution < 1.29 is 0 Å². The van der Waals surface area contributed by atoms with Crippen molar-refractivity contribution in [2.75, 3.05) is 6.54 Å². The molecule has 1 aliphatic carbocycles. The van der Waals surface area contributed by atoms with Gasteiger partial charge in [-0.2, -0.15) is 0 Å². The maximum absolute atomic E-state index is 3.64. The number of nitrogens with one attached hydrogen (secondary N) is 1. The van der Waals surface area contributed by atoms with Crippen LogP contribution < -0.4 is 5.32 Å². The summed E-state index contributed by atoms with van der Waals surface area (Å²) in [5.41, 5.74) is 0.520. The van der Waals surface area contributed by atoms with E-state index in [-0.39, 0.29) is 0 Å². The Bertz CT molecular complexity index is 244. The quantitative estimate of drug-likeness (QED) is 0.553. The largest absolute Gasteiger partial charge is 0.313 e. The fourth-order valence-electron chi connectivity index (χ4n) is 2.97. The Kier molecular flexibility index (Phi) is 4.67. The van der Waals surface area contributed by atoms with Crippen molar-refractivity contribution in [3.8, 4) is 11.8 Å². The summed E-state index contributed by atoms with van der Waals surface area (Å²) in [6.07, 6.45) is 5.02. The van der Waals surface area contributed by atoms with Crippen LogP contribution in [0.3, 0.4) is 0 Å². The van der Waals surface area contributed by atoms with E-state index in [1.165, 1.54) is 19.3 Å². The van der Waals surface area contributed by atoms with Crippen molar-refractivity contribution in [1.82, 2.24) is 5.32 Å². The topological polar surface area (TPSA) is 12.0 Å². The number of hydrogen-bond donors (Lipinski definition) is 1. The summed E-state index contributed by atoms with van der Waals surface area (Å²) >= 11 is 0. The molecule has 0 spiro atoms. The Morgan fingerprint density at radius 2 is 2.07 bits per heavy atom. The maximum Gasteiger partial charge on any atom is 0.0214 e. The van der Waals surface area contributed by atoms with E-state index < -0.39 is 0 Å². The van der Waals surface area contributed by atoms with Crippen LogP contribution in [0.5, 0.6) is 0 Å². The molecule has 0 aromatic carbocycles. The van der Waals surface area contributed by atoms with Gasteiger partial charge in [0.1, 0.15) is 0 Å². The van der Waals surface area contributed by atoms with Gasteiger partial charge in [0.25, 0.3) is 0 Å². The van der Waals surface area contributed by atoms with Crippen LogP contribution >= 0.6 is 0 Å². The molecular weight excluding hydrogens is 182 g/mol. The molecule has 0 radical (unpaired) electrons. The fourth-order valence-corrected chi connectivity index (χ4v) is 2.97. The lowest BCUT2D eigenvalue weighted by Crippen LogP contribution is -2.40. The Labute approximate surface area is 95.0 Å². The van der Waals surface area contributed by atoms with Crippen molar-refractivity contribution >= 4 is 0 Å². The first-order chi connectivity index (χ1) is 7.03. The summed E-state index contributed by atoms with van der Waals surface area (Å²) in [6, 6.07) is 0.711. The molecule has 2 atom stereocenters. The molecule has 0 bridgehead atoms. The van der Waals surface area contributed by atoms with Gasteiger partial charge in [0, 0.05) is 19.0 Å². The standard InChI is InChI=1S/C14H25N/c1-5-6-7-8-15-13-9-12(2)10-14(3,4)11-13/h12-13,15H,7-11H2,1-4H3. The molecular formula is C14H25N. The van der Waals surface area contributed by atoms with E-state index in [2.05, 4.69) is 37.9 Å².